The van der Waals surface area contributed by atoms with E-state index in [-0.39, 0.29) is 47.8 Å². The summed E-state index contributed by atoms with van der Waals surface area (Å²) >= 11 is 25.3. The topological polar surface area (TPSA) is 72.9 Å². The van der Waals surface area contributed by atoms with Gasteiger partial charge in [-0.2, -0.15) is 13.2 Å². The predicted molar refractivity (Wildman–Crippen MR) is 121 cm³/mol. The highest BCUT2D eigenvalue weighted by molar-refractivity contribution is 6.44. The normalized spacial score (nSPS) is 14.8. The Morgan fingerprint density at radius 1 is 1.19 bits per heavy atom. The Hall–Kier alpha value is -1.87. The molecule has 0 saturated carbocycles. The van der Waals surface area contributed by atoms with Crippen molar-refractivity contribution in [2.45, 2.75) is 31.5 Å². The molecule has 0 radical (unpaired) electrons. The highest BCUT2D eigenvalue weighted by Crippen LogP contribution is 2.48. The maximum atomic E-state index is 14.1. The number of benzene rings is 2. The molecule has 0 fully saturated rings. The van der Waals surface area contributed by atoms with Gasteiger partial charge in [-0.05, 0) is 30.2 Å². The van der Waals surface area contributed by atoms with Crippen molar-refractivity contribution < 1.29 is 18.0 Å². The van der Waals surface area contributed by atoms with E-state index in [0.717, 1.165) is 0 Å². The highest BCUT2D eigenvalue weighted by Gasteiger charge is 2.44. The summed E-state index contributed by atoms with van der Waals surface area (Å²) in [6.45, 7) is 1.05. The number of anilines is 1. The summed E-state index contributed by atoms with van der Waals surface area (Å²) in [6, 6.07) is 4.08. The molecule has 1 aliphatic rings. The molecule has 0 saturated heterocycles. The van der Waals surface area contributed by atoms with E-state index in [1.165, 1.54) is 18.2 Å². The largest absolute Gasteiger partial charge is 0.396 e. The van der Waals surface area contributed by atoms with Gasteiger partial charge in [0.15, 0.2) is 0 Å². The van der Waals surface area contributed by atoms with Gasteiger partial charge in [-0.15, -0.1) is 0 Å². The van der Waals surface area contributed by atoms with Crippen molar-refractivity contribution in [3.63, 3.8) is 0 Å². The van der Waals surface area contributed by atoms with Crippen molar-refractivity contribution in [1.82, 2.24) is 9.55 Å². The van der Waals surface area contributed by atoms with Gasteiger partial charge in [-0.3, -0.25) is 4.79 Å². The van der Waals surface area contributed by atoms with Gasteiger partial charge in [0.1, 0.15) is 5.52 Å². The zero-order valence-electron chi connectivity index (χ0n) is 16.2. The van der Waals surface area contributed by atoms with Gasteiger partial charge >= 0.3 is 6.18 Å². The quantitative estimate of drug-likeness (QED) is 0.400. The molecular weight excluding hydrogens is 511 g/mol. The van der Waals surface area contributed by atoms with Crippen molar-refractivity contribution in [3.8, 4) is 11.1 Å². The lowest BCUT2D eigenvalue weighted by Crippen LogP contribution is -2.27. The third-order valence-corrected chi connectivity index (χ3v) is 6.48. The number of nitrogens with zero attached hydrogens (tertiary/aromatic N) is 2. The number of halogens is 7. The van der Waals surface area contributed by atoms with E-state index in [9.17, 15) is 18.0 Å². The zero-order valence-corrected chi connectivity index (χ0v) is 19.2. The number of alkyl halides is 3. The van der Waals surface area contributed by atoms with Gasteiger partial charge in [0.2, 0.25) is 11.9 Å². The number of amides is 1. The summed E-state index contributed by atoms with van der Waals surface area (Å²) in [7, 11) is 0. The van der Waals surface area contributed by atoms with Crippen LogP contribution in [0.4, 0.5) is 19.1 Å². The van der Waals surface area contributed by atoms with Gasteiger partial charge in [0, 0.05) is 35.7 Å². The van der Waals surface area contributed by atoms with E-state index in [1.54, 1.807) is 4.57 Å². The Bertz CT molecular complexity index is 1220. The number of rotatable bonds is 4. The van der Waals surface area contributed by atoms with Crippen LogP contribution < -0.4 is 11.1 Å². The molecule has 12 heteroatoms. The lowest BCUT2D eigenvalue weighted by molar-refractivity contribution is -0.156. The number of nitrogens with two attached hydrogens (primary N) is 1. The molecule has 3 aromatic rings. The summed E-state index contributed by atoms with van der Waals surface area (Å²) in [6.07, 6.45) is -5.01. The smallest absolute Gasteiger partial charge is 0.370 e. The van der Waals surface area contributed by atoms with Crippen molar-refractivity contribution in [1.29, 1.82) is 0 Å². The van der Waals surface area contributed by atoms with Crippen LogP contribution in [0.3, 0.4) is 0 Å². The monoisotopic (exact) mass is 524 g/mol. The number of hydrogen-bond donors (Lipinski definition) is 2. The average molecular weight is 526 g/mol. The van der Waals surface area contributed by atoms with Crippen molar-refractivity contribution in [3.05, 3.63) is 43.9 Å². The lowest BCUT2D eigenvalue weighted by Gasteiger charge is -2.24. The number of primary amides is 1. The molecule has 2 aromatic carbocycles. The summed E-state index contributed by atoms with van der Waals surface area (Å²) in [5, 5.41) is 3.61. The fraction of sp³-hybridized carbons (Fsp3) is 0.300. The summed E-state index contributed by atoms with van der Waals surface area (Å²) < 4.78 is 44.0. The van der Waals surface area contributed by atoms with E-state index >= 15 is 0 Å². The van der Waals surface area contributed by atoms with E-state index in [4.69, 9.17) is 52.1 Å². The van der Waals surface area contributed by atoms with Crippen LogP contribution in [-0.4, -0.2) is 28.2 Å². The molecule has 2 heterocycles. The maximum Gasteiger partial charge on any atom is 0.396 e. The number of aryl methyl sites for hydroxylation is 1. The van der Waals surface area contributed by atoms with Gasteiger partial charge in [-0.25, -0.2) is 4.98 Å². The Labute approximate surface area is 200 Å². The molecule has 1 unspecified atom stereocenters. The SMILES string of the molecule is NC(=O)CC(c1cc(-c2c(Cl)cc(Cl)cc2Cl)c(Cl)c2nc3n(c12)CCCN3)C(F)(F)F. The van der Waals surface area contributed by atoms with E-state index < -0.39 is 24.4 Å². The first kappa shape index (κ1) is 23.3. The highest BCUT2D eigenvalue weighted by atomic mass is 35.5. The number of fused-ring (bicyclic) bond motifs is 3. The van der Waals surface area contributed by atoms with Crippen LogP contribution in [0.5, 0.6) is 0 Å². The Balaban J connectivity index is 2.11. The summed E-state index contributed by atoms with van der Waals surface area (Å²) in [5.41, 5.74) is 5.68. The minimum atomic E-state index is -4.76. The molecule has 0 spiro atoms. The molecule has 1 aromatic heterocycles. The minimum Gasteiger partial charge on any atom is -0.370 e. The fourth-order valence-corrected chi connectivity index (χ4v) is 5.25. The third kappa shape index (κ3) is 4.09. The van der Waals surface area contributed by atoms with Crippen molar-refractivity contribution >= 4 is 69.3 Å². The van der Waals surface area contributed by atoms with Crippen LogP contribution in [-0.2, 0) is 11.3 Å². The second-order valence-electron chi connectivity index (χ2n) is 7.40. The second kappa shape index (κ2) is 8.48. The molecule has 1 aliphatic heterocycles. The number of carbonyl (C=O) groups excluding carboxylic acids is 1. The second-order valence-corrected chi connectivity index (χ2v) is 9.03. The van der Waals surface area contributed by atoms with Crippen molar-refractivity contribution in [2.75, 3.05) is 11.9 Å². The number of aromatic nitrogens is 2. The average Bonchev–Trinajstić information content (AvgIpc) is 3.07. The van der Waals surface area contributed by atoms with Crippen LogP contribution in [0.1, 0.15) is 24.3 Å². The van der Waals surface area contributed by atoms with Crippen LogP contribution in [0, 0.1) is 0 Å². The van der Waals surface area contributed by atoms with Crippen LogP contribution in [0.25, 0.3) is 22.2 Å². The first-order chi connectivity index (χ1) is 15.0. The van der Waals surface area contributed by atoms with Gasteiger partial charge in [-0.1, -0.05) is 46.4 Å². The number of nitrogens with one attached hydrogen (secondary N) is 1. The lowest BCUT2D eigenvalue weighted by atomic mass is 9.90. The Kier molecular flexibility index (Phi) is 6.17. The van der Waals surface area contributed by atoms with Gasteiger partial charge in [0.25, 0.3) is 0 Å². The number of imidazole rings is 1. The molecule has 32 heavy (non-hydrogen) atoms. The molecule has 5 nitrogen and oxygen atoms in total. The molecule has 170 valence electrons. The summed E-state index contributed by atoms with van der Waals surface area (Å²) in [4.78, 5) is 16.0. The molecule has 1 amide bonds. The molecule has 0 bridgehead atoms. The first-order valence-electron chi connectivity index (χ1n) is 9.45. The standard InChI is InChI=1S/C20H15Cl4F3N4O/c21-8-4-12(22)15(13(23)5-8)10-6-9(11(7-14(28)32)20(25,26)27)18-17(16(10)24)30-19-29-2-1-3-31(18)19/h4-6,11H,1-3,7H2,(H2,28,32)(H,29,30). The Morgan fingerprint density at radius 2 is 1.84 bits per heavy atom. The fourth-order valence-electron chi connectivity index (χ4n) is 3.95. The summed E-state index contributed by atoms with van der Waals surface area (Å²) in [5.74, 6) is -2.87. The molecule has 3 N–H and O–H groups in total. The van der Waals surface area contributed by atoms with Gasteiger partial charge < -0.3 is 15.6 Å². The minimum absolute atomic E-state index is 0.0820. The molecule has 0 aliphatic carbocycles. The van der Waals surface area contributed by atoms with Crippen LogP contribution in [0.15, 0.2) is 18.2 Å². The molecule has 4 rings (SSSR count). The number of carbonyl (C=O) groups is 1. The van der Waals surface area contributed by atoms with E-state index in [2.05, 4.69) is 10.3 Å². The van der Waals surface area contributed by atoms with Gasteiger partial charge in [0.05, 0.1) is 26.5 Å². The van der Waals surface area contributed by atoms with Crippen LogP contribution in [0.2, 0.25) is 20.1 Å². The molecular formula is C20H15Cl4F3N4O. The maximum absolute atomic E-state index is 14.1. The Morgan fingerprint density at radius 3 is 2.44 bits per heavy atom. The molecule has 1 atom stereocenters. The van der Waals surface area contributed by atoms with Crippen LogP contribution >= 0.6 is 46.4 Å². The zero-order chi connectivity index (χ0) is 23.4. The number of hydrogen-bond acceptors (Lipinski definition) is 3. The van der Waals surface area contributed by atoms with E-state index in [0.29, 0.717) is 25.5 Å². The van der Waals surface area contributed by atoms with E-state index in [1.807, 2.05) is 0 Å². The van der Waals surface area contributed by atoms with Crippen molar-refractivity contribution in [2.24, 2.45) is 5.73 Å². The first-order valence-corrected chi connectivity index (χ1v) is 11.0. The predicted octanol–water partition coefficient (Wildman–Crippen LogP) is 6.65. The third-order valence-electron chi connectivity index (χ3n) is 5.28.